The molecule has 0 aromatic heterocycles. The van der Waals surface area contributed by atoms with Crippen LogP contribution in [0.2, 0.25) is 0 Å². The van der Waals surface area contributed by atoms with Crippen LogP contribution in [0, 0.1) is 0 Å². The molecule has 3 N–H and O–H groups in total. The Morgan fingerprint density at radius 1 is 1.35 bits per heavy atom. The average Bonchev–Trinajstić information content (AvgIpc) is 2.76. The highest BCUT2D eigenvalue weighted by Gasteiger charge is 2.19. The third-order valence-corrected chi connectivity index (χ3v) is 4.44. The third kappa shape index (κ3) is 2.59. The minimum atomic E-state index is -3.34. The monoisotopic (exact) mass is 255 g/mol. The second-order valence-corrected chi connectivity index (χ2v) is 6.08. The first-order chi connectivity index (χ1) is 8.03. The molecular formula is C11H17N3O2S. The van der Waals surface area contributed by atoms with Crippen molar-refractivity contribution in [1.29, 1.82) is 0 Å². The number of benzene rings is 1. The van der Waals surface area contributed by atoms with E-state index in [9.17, 15) is 8.42 Å². The molecule has 1 fully saturated rings. The second-order valence-electron chi connectivity index (χ2n) is 4.20. The fourth-order valence-electron chi connectivity index (χ4n) is 1.98. The number of rotatable bonds is 3. The Kier molecular flexibility index (Phi) is 3.37. The van der Waals surface area contributed by atoms with E-state index in [-0.39, 0.29) is 10.9 Å². The molecule has 0 spiro atoms. The molecular weight excluding hydrogens is 238 g/mol. The van der Waals surface area contributed by atoms with E-state index in [2.05, 4.69) is 9.62 Å². The molecule has 1 saturated heterocycles. The lowest BCUT2D eigenvalue weighted by Crippen LogP contribution is -2.26. The van der Waals surface area contributed by atoms with Gasteiger partial charge in [0.05, 0.1) is 4.90 Å². The molecule has 1 aromatic carbocycles. The van der Waals surface area contributed by atoms with Crippen LogP contribution in [0.5, 0.6) is 0 Å². The predicted octanol–water partition coefficient (Wildman–Crippen LogP) is 0.132. The Hall–Kier alpha value is -1.11. The van der Waals surface area contributed by atoms with Gasteiger partial charge in [-0.2, -0.15) is 0 Å². The standard InChI is InChI=1S/C11H17N3O2S/c1-13-17(15,16)11-4-2-10(3-5-11)14-7-6-9(12)8-14/h2-5,9,13H,6-8,12H2,1H3. The molecule has 0 radical (unpaired) electrons. The Labute approximate surface area is 102 Å². The summed E-state index contributed by atoms with van der Waals surface area (Å²) in [7, 11) is -1.94. The van der Waals surface area contributed by atoms with Crippen LogP contribution in [0.25, 0.3) is 0 Å². The van der Waals surface area contributed by atoms with Crippen molar-refractivity contribution in [1.82, 2.24) is 4.72 Å². The van der Waals surface area contributed by atoms with Crippen LogP contribution >= 0.6 is 0 Å². The summed E-state index contributed by atoms with van der Waals surface area (Å²) in [4.78, 5) is 2.45. The summed E-state index contributed by atoms with van der Waals surface area (Å²) in [5.41, 5.74) is 6.86. The van der Waals surface area contributed by atoms with Gasteiger partial charge in [0.2, 0.25) is 10.0 Å². The van der Waals surface area contributed by atoms with Gasteiger partial charge in [-0.3, -0.25) is 0 Å². The lowest BCUT2D eigenvalue weighted by atomic mass is 10.3. The van der Waals surface area contributed by atoms with Crippen molar-refractivity contribution >= 4 is 15.7 Å². The number of sulfonamides is 1. The number of nitrogens with zero attached hydrogens (tertiary/aromatic N) is 1. The van der Waals surface area contributed by atoms with Crippen molar-refractivity contribution in [3.8, 4) is 0 Å². The molecule has 17 heavy (non-hydrogen) atoms. The molecule has 6 heteroatoms. The SMILES string of the molecule is CNS(=O)(=O)c1ccc(N2CCC(N)C2)cc1. The highest BCUT2D eigenvalue weighted by molar-refractivity contribution is 7.89. The highest BCUT2D eigenvalue weighted by atomic mass is 32.2. The molecule has 1 heterocycles. The van der Waals surface area contributed by atoms with Crippen molar-refractivity contribution in [2.45, 2.75) is 17.4 Å². The van der Waals surface area contributed by atoms with Gasteiger partial charge < -0.3 is 10.6 Å². The summed E-state index contributed by atoms with van der Waals surface area (Å²) in [5.74, 6) is 0. The molecule has 2 rings (SSSR count). The first kappa shape index (κ1) is 12.3. The summed E-state index contributed by atoms with van der Waals surface area (Å²) >= 11 is 0. The number of nitrogens with one attached hydrogen (secondary N) is 1. The summed E-state index contributed by atoms with van der Waals surface area (Å²) in [6.07, 6.45) is 0.983. The van der Waals surface area contributed by atoms with E-state index in [1.54, 1.807) is 12.1 Å². The summed E-state index contributed by atoms with van der Waals surface area (Å²) in [6.45, 7) is 1.76. The molecule has 0 amide bonds. The molecule has 1 unspecified atom stereocenters. The lowest BCUT2D eigenvalue weighted by molar-refractivity contribution is 0.588. The first-order valence-electron chi connectivity index (χ1n) is 5.57. The van der Waals surface area contributed by atoms with E-state index in [1.807, 2.05) is 12.1 Å². The quantitative estimate of drug-likeness (QED) is 0.805. The second kappa shape index (κ2) is 4.64. The average molecular weight is 255 g/mol. The Morgan fingerprint density at radius 3 is 2.47 bits per heavy atom. The third-order valence-electron chi connectivity index (χ3n) is 3.01. The van der Waals surface area contributed by atoms with Crippen LogP contribution in [0.1, 0.15) is 6.42 Å². The minimum Gasteiger partial charge on any atom is -0.370 e. The van der Waals surface area contributed by atoms with Crippen LogP contribution in [0.15, 0.2) is 29.2 Å². The van der Waals surface area contributed by atoms with Crippen LogP contribution in [0.3, 0.4) is 0 Å². The normalized spacial score (nSPS) is 20.8. The van der Waals surface area contributed by atoms with Crippen LogP contribution < -0.4 is 15.4 Å². The minimum absolute atomic E-state index is 0.218. The lowest BCUT2D eigenvalue weighted by Gasteiger charge is -2.18. The van der Waals surface area contributed by atoms with Gasteiger partial charge in [0, 0.05) is 24.8 Å². The molecule has 0 aliphatic carbocycles. The van der Waals surface area contributed by atoms with Gasteiger partial charge >= 0.3 is 0 Å². The number of hydrogen-bond acceptors (Lipinski definition) is 4. The van der Waals surface area contributed by atoms with E-state index < -0.39 is 10.0 Å². The fourth-order valence-corrected chi connectivity index (χ4v) is 2.71. The van der Waals surface area contributed by atoms with Crippen molar-refractivity contribution in [3.63, 3.8) is 0 Å². The van der Waals surface area contributed by atoms with Gasteiger partial charge in [0.1, 0.15) is 0 Å². The van der Waals surface area contributed by atoms with Gasteiger partial charge in [-0.15, -0.1) is 0 Å². The fraction of sp³-hybridized carbons (Fsp3) is 0.455. The van der Waals surface area contributed by atoms with E-state index in [1.165, 1.54) is 7.05 Å². The largest absolute Gasteiger partial charge is 0.370 e. The summed E-state index contributed by atoms with van der Waals surface area (Å²) in [5, 5.41) is 0. The highest BCUT2D eigenvalue weighted by Crippen LogP contribution is 2.21. The van der Waals surface area contributed by atoms with Gasteiger partial charge in [-0.25, -0.2) is 13.1 Å². The smallest absolute Gasteiger partial charge is 0.240 e. The van der Waals surface area contributed by atoms with Crippen LogP contribution in [-0.2, 0) is 10.0 Å². The number of nitrogens with two attached hydrogens (primary N) is 1. The van der Waals surface area contributed by atoms with Gasteiger partial charge in [0.25, 0.3) is 0 Å². The summed E-state index contributed by atoms with van der Waals surface area (Å²) < 4.78 is 25.4. The van der Waals surface area contributed by atoms with Crippen molar-refractivity contribution in [2.24, 2.45) is 5.73 Å². The zero-order chi connectivity index (χ0) is 12.5. The molecule has 0 bridgehead atoms. The number of anilines is 1. The predicted molar refractivity (Wildman–Crippen MR) is 67.5 cm³/mol. The zero-order valence-electron chi connectivity index (χ0n) is 9.76. The van der Waals surface area contributed by atoms with Crippen molar-refractivity contribution < 1.29 is 8.42 Å². The molecule has 1 aliphatic rings. The maximum atomic E-state index is 11.5. The molecule has 5 nitrogen and oxygen atoms in total. The Balaban J connectivity index is 2.19. The van der Waals surface area contributed by atoms with Crippen LogP contribution in [0.4, 0.5) is 5.69 Å². The van der Waals surface area contributed by atoms with Gasteiger partial charge in [-0.05, 0) is 37.7 Å². The van der Waals surface area contributed by atoms with E-state index in [4.69, 9.17) is 5.73 Å². The first-order valence-corrected chi connectivity index (χ1v) is 7.05. The molecule has 1 aromatic rings. The Bertz CT molecular complexity index is 484. The molecule has 94 valence electrons. The van der Waals surface area contributed by atoms with Crippen LogP contribution in [-0.4, -0.2) is 34.6 Å². The van der Waals surface area contributed by atoms with E-state index >= 15 is 0 Å². The van der Waals surface area contributed by atoms with Gasteiger partial charge in [0.15, 0.2) is 0 Å². The van der Waals surface area contributed by atoms with Crippen molar-refractivity contribution in [2.75, 3.05) is 25.0 Å². The van der Waals surface area contributed by atoms with Crippen molar-refractivity contribution in [3.05, 3.63) is 24.3 Å². The maximum Gasteiger partial charge on any atom is 0.240 e. The number of hydrogen-bond donors (Lipinski definition) is 2. The summed E-state index contributed by atoms with van der Waals surface area (Å²) in [6, 6.07) is 7.09. The van der Waals surface area contributed by atoms with Gasteiger partial charge in [-0.1, -0.05) is 0 Å². The topological polar surface area (TPSA) is 75.4 Å². The van der Waals surface area contributed by atoms with E-state index in [0.29, 0.717) is 0 Å². The molecule has 1 atom stereocenters. The Morgan fingerprint density at radius 2 is 2.00 bits per heavy atom. The molecule has 0 saturated carbocycles. The van der Waals surface area contributed by atoms with E-state index in [0.717, 1.165) is 25.2 Å². The molecule has 1 aliphatic heterocycles. The zero-order valence-corrected chi connectivity index (χ0v) is 10.6. The maximum absolute atomic E-state index is 11.5.